The number of benzene rings is 1. The zero-order valence-electron chi connectivity index (χ0n) is 47.3. The Balaban J connectivity index is 1.16. The predicted octanol–water partition coefficient (Wildman–Crippen LogP) is 4.55. The molecule has 5 N–H and O–H groups in total. The zero-order valence-corrected chi connectivity index (χ0v) is 48.1. The number of hydrogen-bond donors (Lipinski definition) is 5. The van der Waals surface area contributed by atoms with E-state index in [1.54, 1.807) is 47.6 Å². The second-order valence-electron chi connectivity index (χ2n) is 22.5. The topological polar surface area (TPSA) is 270 Å². The number of thioether (sulfide) groups is 1. The van der Waals surface area contributed by atoms with Crippen LogP contribution >= 0.6 is 11.8 Å². The van der Waals surface area contributed by atoms with Gasteiger partial charge in [-0.05, 0) is 99.0 Å². The number of rotatable bonds is 17. The third-order valence-corrected chi connectivity index (χ3v) is 17.5. The van der Waals surface area contributed by atoms with Crippen molar-refractivity contribution < 1.29 is 82.2 Å². The Morgan fingerprint density at radius 3 is 2.23 bits per heavy atom. The zero-order chi connectivity index (χ0) is 57.1. The van der Waals surface area contributed by atoms with Crippen LogP contribution in [0.4, 0.5) is 4.79 Å². The maximum Gasteiger partial charge on any atom is 0.407 e. The second kappa shape index (κ2) is 25.8. The summed E-state index contributed by atoms with van der Waals surface area (Å²) in [5.41, 5.74) is -3.57. The largest absolute Gasteiger partial charge is 0.477 e. The maximum absolute atomic E-state index is 14.6. The molecule has 6 rings (SSSR count). The lowest BCUT2D eigenvalue weighted by molar-refractivity contribution is -0.319. The number of aliphatic hydroxyl groups is 3. The molecule has 77 heavy (non-hydrogen) atoms. The van der Waals surface area contributed by atoms with Crippen molar-refractivity contribution in [3.63, 3.8) is 0 Å². The summed E-state index contributed by atoms with van der Waals surface area (Å²) in [6.07, 6.45) is -8.44. The standard InChI is InChI=1S/C55H85N3O18S/c1-15-39-55(10,67)46(62)30(4)42(59)28(2)25-53(8,68-13)47(75-51-44(61)38(57(11)12)22-29(3)71-51)31(5)45(32(6)50(65)73-39)74-40-26-54(9,69-14)48(33(7)72-40)76-52(66)56-17-19-70-20-21-77-35-23-34-16-18-58-27-37(49(63)64)43(60)36(24-35)41(34)58/h23-24,27-33,38-40,44-48,51,61-62,67H,15-22,25-26H2,1-14H3,(H,56,66)(H,63,64)/t28-,29-,30+,31+,32-,33+,38+,39-,40+,44-,45+,46-,47-,48+,51?,53-,54-,55-/m1/s1. The number of methoxy groups -OCH3 is 2. The van der Waals surface area contributed by atoms with E-state index in [1.807, 2.05) is 43.5 Å². The molecule has 1 aromatic carbocycles. The monoisotopic (exact) mass is 1110 g/mol. The first-order chi connectivity index (χ1) is 36.1. The molecule has 0 radical (unpaired) electrons. The lowest BCUT2D eigenvalue weighted by Gasteiger charge is -2.50. The lowest BCUT2D eigenvalue weighted by atomic mass is 9.74. The Kier molecular flexibility index (Phi) is 20.9. The normalized spacial score (nSPS) is 37.4. The summed E-state index contributed by atoms with van der Waals surface area (Å²) in [6, 6.07) is 3.41. The van der Waals surface area contributed by atoms with Crippen LogP contribution < -0.4 is 10.7 Å². The molecule has 5 heterocycles. The van der Waals surface area contributed by atoms with Crippen LogP contribution in [0.2, 0.25) is 0 Å². The minimum absolute atomic E-state index is 0.00850. The van der Waals surface area contributed by atoms with Crippen molar-refractivity contribution in [1.82, 2.24) is 14.8 Å². The smallest absolute Gasteiger partial charge is 0.407 e. The fraction of sp³-hybridized carbons (Fsp3) is 0.764. The van der Waals surface area contributed by atoms with Crippen LogP contribution in [0.1, 0.15) is 111 Å². The van der Waals surface area contributed by atoms with Crippen molar-refractivity contribution in [2.75, 3.05) is 53.8 Å². The first kappa shape index (κ1) is 62.4. The highest BCUT2D eigenvalue weighted by Gasteiger charge is 2.55. The van der Waals surface area contributed by atoms with E-state index in [9.17, 15) is 44.4 Å². The molecule has 434 valence electrons. The van der Waals surface area contributed by atoms with Gasteiger partial charge in [0.25, 0.3) is 0 Å². The number of aliphatic hydroxyl groups excluding tert-OH is 2. The summed E-state index contributed by atoms with van der Waals surface area (Å²) in [6.45, 7) is 18.1. The first-order valence-corrected chi connectivity index (χ1v) is 27.9. The molecule has 1 amide bonds. The number of amides is 1. The summed E-state index contributed by atoms with van der Waals surface area (Å²) in [4.78, 5) is 69.6. The van der Waals surface area contributed by atoms with E-state index in [2.05, 4.69) is 5.32 Å². The molecule has 3 saturated heterocycles. The number of ketones is 1. The van der Waals surface area contributed by atoms with Crippen LogP contribution in [0.5, 0.6) is 0 Å². The van der Waals surface area contributed by atoms with Crippen LogP contribution in [-0.2, 0) is 65.2 Å². The molecule has 1 aromatic heterocycles. The molecule has 3 fully saturated rings. The van der Waals surface area contributed by atoms with Crippen molar-refractivity contribution in [1.29, 1.82) is 0 Å². The molecular weight excluding hydrogens is 1020 g/mol. The van der Waals surface area contributed by atoms with Crippen LogP contribution in [0.15, 0.2) is 28.0 Å². The number of carboxylic acids is 1. The van der Waals surface area contributed by atoms with E-state index in [0.717, 1.165) is 16.0 Å². The SMILES string of the molecule is CC[C@H]1OC(=O)[C@H](C)[C@@H](O[C@H]2C[C@@](C)(OC)[C@@H](OC(=O)NCCOCCSc3cc4c5c(c3)c(=O)c(C(=O)O)cn5CC4)[C@H](C)O2)[C@H](C)[C@@H](OC2O[C@H](C)C[C@H](N(C)C)[C@H]2O)[C@](C)(OC)C[C@@H](C)C(=O)[C@H](C)[C@@H](O)[C@]1(C)O. The number of hydrogen-bond acceptors (Lipinski definition) is 19. The summed E-state index contributed by atoms with van der Waals surface area (Å²) < 4.78 is 58.7. The van der Waals surface area contributed by atoms with Gasteiger partial charge in [-0.25, -0.2) is 9.59 Å². The van der Waals surface area contributed by atoms with Crippen molar-refractivity contribution in [2.24, 2.45) is 23.7 Å². The van der Waals surface area contributed by atoms with Gasteiger partial charge in [-0.2, -0.15) is 0 Å². The Bertz CT molecular complexity index is 2460. The number of nitrogens with zero attached hydrogens (tertiary/aromatic N) is 2. The van der Waals surface area contributed by atoms with Crippen molar-refractivity contribution in [3.8, 4) is 0 Å². The Morgan fingerprint density at radius 1 is 0.922 bits per heavy atom. The minimum Gasteiger partial charge on any atom is -0.477 e. The number of pyridine rings is 1. The summed E-state index contributed by atoms with van der Waals surface area (Å²) in [7, 11) is 6.69. The molecule has 0 saturated carbocycles. The number of nitrogens with one attached hydrogen (secondary N) is 1. The fourth-order valence-corrected chi connectivity index (χ4v) is 12.8. The number of likely N-dealkylation sites (N-methyl/N-ethyl adjacent to an activating group) is 1. The van der Waals surface area contributed by atoms with Crippen molar-refractivity contribution in [2.45, 2.75) is 197 Å². The second-order valence-corrected chi connectivity index (χ2v) is 23.7. The van der Waals surface area contributed by atoms with Crippen molar-refractivity contribution in [3.05, 3.63) is 39.7 Å². The van der Waals surface area contributed by atoms with Crippen LogP contribution in [-0.4, -0.2) is 192 Å². The number of Topliss-reactive ketones (excluding diaryl/α,β-unsaturated/α-hetero) is 1. The predicted molar refractivity (Wildman–Crippen MR) is 284 cm³/mol. The summed E-state index contributed by atoms with van der Waals surface area (Å²) in [5.74, 6) is -5.60. The van der Waals surface area contributed by atoms with Crippen LogP contribution in [0, 0.1) is 23.7 Å². The van der Waals surface area contributed by atoms with Gasteiger partial charge in [0.1, 0.15) is 34.8 Å². The Morgan fingerprint density at radius 2 is 1.60 bits per heavy atom. The molecule has 21 nitrogen and oxygen atoms in total. The van der Waals surface area contributed by atoms with Gasteiger partial charge < -0.3 is 77.8 Å². The number of esters is 1. The highest BCUT2D eigenvalue weighted by molar-refractivity contribution is 7.99. The lowest BCUT2D eigenvalue weighted by Crippen LogP contribution is -2.62. The number of carbonyl (C=O) groups is 4. The number of ether oxygens (including phenoxy) is 9. The molecule has 2 aromatic rings. The Hall–Kier alpha value is -3.78. The van der Waals surface area contributed by atoms with E-state index in [4.69, 9.17) is 42.6 Å². The molecule has 0 aliphatic carbocycles. The van der Waals surface area contributed by atoms with Gasteiger partial charge in [0.2, 0.25) is 5.43 Å². The number of aromatic carboxylic acids is 1. The minimum atomic E-state index is -2.03. The summed E-state index contributed by atoms with van der Waals surface area (Å²) in [5, 5.41) is 47.9. The fourth-order valence-electron chi connectivity index (χ4n) is 11.9. The summed E-state index contributed by atoms with van der Waals surface area (Å²) >= 11 is 1.48. The third-order valence-electron chi connectivity index (χ3n) is 16.5. The number of alkyl carbamates (subject to hydrolysis) is 1. The molecule has 1 unspecified atom stereocenters. The number of cyclic esters (lactones) is 1. The molecule has 4 aliphatic rings. The van der Waals surface area contributed by atoms with Gasteiger partial charge in [-0.3, -0.25) is 14.4 Å². The van der Waals surface area contributed by atoms with Gasteiger partial charge >= 0.3 is 18.0 Å². The molecule has 22 heteroatoms. The van der Waals surface area contributed by atoms with E-state index in [-0.39, 0.29) is 55.9 Å². The molecule has 0 spiro atoms. The van der Waals surface area contributed by atoms with E-state index >= 15 is 0 Å². The molecule has 18 atom stereocenters. The number of aryl methyl sites for hydroxylation is 2. The highest BCUT2D eigenvalue weighted by atomic mass is 32.2. The number of carboxylic acid groups (broad SMARTS) is 1. The number of aromatic nitrogens is 1. The highest BCUT2D eigenvalue weighted by Crippen LogP contribution is 2.42. The van der Waals surface area contributed by atoms with E-state index in [0.29, 0.717) is 37.1 Å². The van der Waals surface area contributed by atoms with Gasteiger partial charge in [0.15, 0.2) is 18.7 Å². The third kappa shape index (κ3) is 13.7. The maximum atomic E-state index is 14.6. The average molecular weight is 1110 g/mol. The molecule has 0 bridgehead atoms. The van der Waals surface area contributed by atoms with E-state index in [1.165, 1.54) is 46.0 Å². The van der Waals surface area contributed by atoms with Gasteiger partial charge in [0, 0.05) is 79.8 Å². The molecular formula is C55H85N3O18S. The van der Waals surface area contributed by atoms with Crippen molar-refractivity contribution >= 4 is 46.5 Å². The van der Waals surface area contributed by atoms with Gasteiger partial charge in [-0.1, -0.05) is 27.7 Å². The van der Waals surface area contributed by atoms with E-state index < -0.39 is 119 Å². The number of carbonyl (C=O) groups excluding carboxylic acids is 3. The van der Waals surface area contributed by atoms with Crippen LogP contribution in [0.3, 0.4) is 0 Å². The van der Waals surface area contributed by atoms with Gasteiger partial charge in [-0.15, -0.1) is 11.8 Å². The average Bonchev–Trinajstić information content (AvgIpc) is 3.88. The van der Waals surface area contributed by atoms with Gasteiger partial charge in [0.05, 0.1) is 60.8 Å². The quantitative estimate of drug-likeness (QED) is 0.0826. The molecule has 4 aliphatic heterocycles. The van der Waals surface area contributed by atoms with Crippen LogP contribution in [0.25, 0.3) is 10.9 Å². The first-order valence-electron chi connectivity index (χ1n) is 26.9. The Labute approximate surface area is 456 Å².